The highest BCUT2D eigenvalue weighted by molar-refractivity contribution is 4.83. The van der Waals surface area contributed by atoms with E-state index in [-0.39, 0.29) is 6.10 Å². The van der Waals surface area contributed by atoms with E-state index in [0.29, 0.717) is 18.6 Å². The summed E-state index contributed by atoms with van der Waals surface area (Å²) in [5, 5.41) is 13.3. The number of aliphatic hydroxyl groups excluding tert-OH is 1. The number of nitrogens with one attached hydrogen (secondary N) is 1. The minimum absolute atomic E-state index is 0.354. The zero-order chi connectivity index (χ0) is 12.7. The minimum Gasteiger partial charge on any atom is -0.389 e. The van der Waals surface area contributed by atoms with Crippen LogP contribution in [0.25, 0.3) is 0 Å². The van der Waals surface area contributed by atoms with Gasteiger partial charge in [-0.1, -0.05) is 13.8 Å². The second-order valence-corrected chi connectivity index (χ2v) is 5.20. The summed E-state index contributed by atoms with van der Waals surface area (Å²) < 4.78 is 4.96. The molecular weight excluding hydrogens is 216 g/mol. The van der Waals surface area contributed by atoms with Crippen molar-refractivity contribution in [2.24, 2.45) is 5.92 Å². The lowest BCUT2D eigenvalue weighted by Gasteiger charge is -2.38. The predicted molar refractivity (Wildman–Crippen MR) is 70.2 cm³/mol. The third kappa shape index (κ3) is 5.34. The number of nitrogens with zero attached hydrogens (tertiary/aromatic N) is 1. The molecule has 3 atom stereocenters. The molecule has 0 bridgehead atoms. The highest BCUT2D eigenvalue weighted by atomic mass is 16.5. The van der Waals surface area contributed by atoms with Crippen molar-refractivity contribution in [3.05, 3.63) is 0 Å². The van der Waals surface area contributed by atoms with Gasteiger partial charge in [-0.05, 0) is 31.8 Å². The minimum atomic E-state index is -0.354. The highest BCUT2D eigenvalue weighted by Gasteiger charge is 2.26. The molecule has 3 unspecified atom stereocenters. The van der Waals surface area contributed by atoms with Crippen molar-refractivity contribution in [1.82, 2.24) is 10.2 Å². The van der Waals surface area contributed by atoms with Gasteiger partial charge in [-0.15, -0.1) is 0 Å². The molecule has 2 N–H and O–H groups in total. The lowest BCUT2D eigenvalue weighted by atomic mass is 9.93. The SMILES string of the molecule is CCCNC1CCN(CC(O)COC)CC1C. The van der Waals surface area contributed by atoms with Crippen LogP contribution >= 0.6 is 0 Å². The molecule has 4 heteroatoms. The molecule has 1 saturated heterocycles. The molecule has 0 aromatic carbocycles. The van der Waals surface area contributed by atoms with Crippen LogP contribution in [0.15, 0.2) is 0 Å². The van der Waals surface area contributed by atoms with E-state index in [1.54, 1.807) is 7.11 Å². The third-order valence-corrected chi connectivity index (χ3v) is 3.47. The average Bonchev–Trinajstić information content (AvgIpc) is 2.28. The van der Waals surface area contributed by atoms with Crippen LogP contribution in [0.3, 0.4) is 0 Å². The maximum Gasteiger partial charge on any atom is 0.0900 e. The van der Waals surface area contributed by atoms with E-state index in [2.05, 4.69) is 24.1 Å². The van der Waals surface area contributed by atoms with Gasteiger partial charge < -0.3 is 20.1 Å². The summed E-state index contributed by atoms with van der Waals surface area (Å²) in [4.78, 5) is 2.35. The number of hydrogen-bond acceptors (Lipinski definition) is 4. The average molecular weight is 244 g/mol. The summed E-state index contributed by atoms with van der Waals surface area (Å²) in [5.41, 5.74) is 0. The summed E-state index contributed by atoms with van der Waals surface area (Å²) in [6, 6.07) is 0.644. The first-order chi connectivity index (χ1) is 8.17. The largest absolute Gasteiger partial charge is 0.389 e. The third-order valence-electron chi connectivity index (χ3n) is 3.47. The van der Waals surface area contributed by atoms with E-state index in [1.807, 2.05) is 0 Å². The molecule has 102 valence electrons. The molecule has 0 aliphatic carbocycles. The zero-order valence-electron chi connectivity index (χ0n) is 11.5. The van der Waals surface area contributed by atoms with Gasteiger partial charge >= 0.3 is 0 Å². The monoisotopic (exact) mass is 244 g/mol. The van der Waals surface area contributed by atoms with Crippen molar-refractivity contribution < 1.29 is 9.84 Å². The van der Waals surface area contributed by atoms with E-state index in [0.717, 1.165) is 26.2 Å². The fourth-order valence-corrected chi connectivity index (χ4v) is 2.57. The van der Waals surface area contributed by atoms with Crippen LogP contribution in [-0.2, 0) is 4.74 Å². The van der Waals surface area contributed by atoms with Crippen LogP contribution in [-0.4, -0.2) is 62.0 Å². The number of aliphatic hydroxyl groups is 1. The van der Waals surface area contributed by atoms with Crippen LogP contribution in [0, 0.1) is 5.92 Å². The lowest BCUT2D eigenvalue weighted by Crippen LogP contribution is -2.50. The number of hydrogen-bond donors (Lipinski definition) is 2. The molecule has 17 heavy (non-hydrogen) atoms. The van der Waals surface area contributed by atoms with Crippen LogP contribution in [0.5, 0.6) is 0 Å². The summed E-state index contributed by atoms with van der Waals surface area (Å²) in [7, 11) is 1.63. The summed E-state index contributed by atoms with van der Waals surface area (Å²) in [6.45, 7) is 8.92. The number of ether oxygens (including phenoxy) is 1. The second-order valence-electron chi connectivity index (χ2n) is 5.20. The van der Waals surface area contributed by atoms with Crippen LogP contribution in [0.1, 0.15) is 26.7 Å². The smallest absolute Gasteiger partial charge is 0.0900 e. The summed E-state index contributed by atoms with van der Waals surface area (Å²) in [6.07, 6.45) is 2.02. The van der Waals surface area contributed by atoms with Crippen LogP contribution < -0.4 is 5.32 Å². The Morgan fingerprint density at radius 2 is 2.29 bits per heavy atom. The Bertz CT molecular complexity index is 202. The maximum absolute atomic E-state index is 9.71. The van der Waals surface area contributed by atoms with E-state index in [4.69, 9.17) is 4.74 Å². The molecule has 0 saturated carbocycles. The Kier molecular flexibility index (Phi) is 7.04. The van der Waals surface area contributed by atoms with Crippen LogP contribution in [0.4, 0.5) is 0 Å². The molecule has 4 nitrogen and oxygen atoms in total. The van der Waals surface area contributed by atoms with Gasteiger partial charge in [-0.3, -0.25) is 0 Å². The Labute approximate surface area is 105 Å². The molecule has 1 heterocycles. The first kappa shape index (κ1) is 14.9. The van der Waals surface area contributed by atoms with E-state index in [1.165, 1.54) is 12.8 Å². The molecule has 0 spiro atoms. The van der Waals surface area contributed by atoms with Gasteiger partial charge in [0, 0.05) is 26.2 Å². The highest BCUT2D eigenvalue weighted by Crippen LogP contribution is 2.17. The van der Waals surface area contributed by atoms with E-state index in [9.17, 15) is 5.11 Å². The van der Waals surface area contributed by atoms with E-state index < -0.39 is 0 Å². The Morgan fingerprint density at radius 3 is 2.88 bits per heavy atom. The van der Waals surface area contributed by atoms with Gasteiger partial charge in [0.2, 0.25) is 0 Å². The van der Waals surface area contributed by atoms with Gasteiger partial charge in [0.05, 0.1) is 12.7 Å². The van der Waals surface area contributed by atoms with Crippen LogP contribution in [0.2, 0.25) is 0 Å². The Morgan fingerprint density at radius 1 is 1.53 bits per heavy atom. The van der Waals surface area contributed by atoms with E-state index >= 15 is 0 Å². The van der Waals surface area contributed by atoms with Gasteiger partial charge in [-0.25, -0.2) is 0 Å². The molecule has 0 aromatic rings. The fourth-order valence-electron chi connectivity index (χ4n) is 2.57. The molecule has 0 radical (unpaired) electrons. The first-order valence-electron chi connectivity index (χ1n) is 6.80. The molecule has 1 fully saturated rings. The number of β-amino-alcohol motifs (C(OH)–C–C–N with tert-alkyl or cyclic N) is 1. The molecule has 0 aromatic heterocycles. The number of methoxy groups -OCH3 is 1. The maximum atomic E-state index is 9.71. The fraction of sp³-hybridized carbons (Fsp3) is 1.00. The molecule has 1 aliphatic heterocycles. The topological polar surface area (TPSA) is 44.7 Å². The van der Waals surface area contributed by atoms with Crippen molar-refractivity contribution in [1.29, 1.82) is 0 Å². The zero-order valence-corrected chi connectivity index (χ0v) is 11.5. The number of likely N-dealkylation sites (tertiary alicyclic amines) is 1. The van der Waals surface area contributed by atoms with Crippen molar-refractivity contribution in [3.8, 4) is 0 Å². The Balaban J connectivity index is 2.26. The van der Waals surface area contributed by atoms with Gasteiger partial charge in [0.25, 0.3) is 0 Å². The van der Waals surface area contributed by atoms with Crippen molar-refractivity contribution >= 4 is 0 Å². The molecular formula is C13H28N2O2. The number of rotatable bonds is 7. The van der Waals surface area contributed by atoms with Crippen molar-refractivity contribution in [2.75, 3.05) is 39.9 Å². The normalized spacial score (nSPS) is 28.2. The molecule has 1 aliphatic rings. The van der Waals surface area contributed by atoms with Gasteiger partial charge in [0.1, 0.15) is 0 Å². The molecule has 0 amide bonds. The van der Waals surface area contributed by atoms with Gasteiger partial charge in [0.15, 0.2) is 0 Å². The van der Waals surface area contributed by atoms with Crippen molar-refractivity contribution in [3.63, 3.8) is 0 Å². The van der Waals surface area contributed by atoms with Gasteiger partial charge in [-0.2, -0.15) is 0 Å². The standard InChI is InChI=1S/C13H28N2O2/c1-4-6-14-13-5-7-15(8-11(13)2)9-12(16)10-17-3/h11-14,16H,4-10H2,1-3H3. The molecule has 1 rings (SSSR count). The van der Waals surface area contributed by atoms with Crippen molar-refractivity contribution in [2.45, 2.75) is 38.8 Å². The summed E-state index contributed by atoms with van der Waals surface area (Å²) >= 11 is 0. The Hall–Kier alpha value is -0.160. The quantitative estimate of drug-likeness (QED) is 0.692. The second kappa shape index (κ2) is 8.03. The number of piperidine rings is 1. The lowest BCUT2D eigenvalue weighted by molar-refractivity contribution is 0.0239. The first-order valence-corrected chi connectivity index (χ1v) is 6.80. The summed E-state index contributed by atoms with van der Waals surface area (Å²) in [5.74, 6) is 0.657. The predicted octanol–water partition coefficient (Wildman–Crippen LogP) is 0.704.